The van der Waals surface area contributed by atoms with Crippen molar-refractivity contribution in [1.82, 2.24) is 20.1 Å². The molecule has 1 aromatic heterocycles. The summed E-state index contributed by atoms with van der Waals surface area (Å²) >= 11 is 0. The molecule has 0 radical (unpaired) electrons. The summed E-state index contributed by atoms with van der Waals surface area (Å²) in [5.41, 5.74) is 5.72. The highest BCUT2D eigenvalue weighted by Crippen LogP contribution is 2.23. The molecule has 3 atom stereocenters. The Balaban J connectivity index is 1.74. The van der Waals surface area contributed by atoms with E-state index >= 15 is 0 Å². The van der Waals surface area contributed by atoms with Crippen molar-refractivity contribution in [2.45, 2.75) is 37.8 Å². The second-order valence-electron chi connectivity index (χ2n) is 5.14. The molecule has 106 valence electrons. The van der Waals surface area contributed by atoms with Crippen molar-refractivity contribution >= 4 is 5.91 Å². The standard InChI is InChI=1S/C12H21N5O2/c1-17-7-15-16-11(17)4-5-14-12(19)8-2-3-9(13)10(18)6-8/h7-10,18H,2-6,13H2,1H3,(H,14,19)/t8-,9+,10+/m0/s1. The highest BCUT2D eigenvalue weighted by Gasteiger charge is 2.30. The second kappa shape index (κ2) is 6.12. The Morgan fingerprint density at radius 3 is 3.05 bits per heavy atom. The Labute approximate surface area is 112 Å². The predicted molar refractivity (Wildman–Crippen MR) is 69.0 cm³/mol. The zero-order valence-corrected chi connectivity index (χ0v) is 11.1. The maximum Gasteiger partial charge on any atom is 0.223 e. The Kier molecular flexibility index (Phi) is 4.49. The van der Waals surface area contributed by atoms with Crippen molar-refractivity contribution < 1.29 is 9.90 Å². The lowest BCUT2D eigenvalue weighted by Crippen LogP contribution is -2.44. The van der Waals surface area contributed by atoms with Gasteiger partial charge in [0, 0.05) is 32.0 Å². The number of hydrogen-bond donors (Lipinski definition) is 3. The Morgan fingerprint density at radius 2 is 2.42 bits per heavy atom. The number of aliphatic hydroxyl groups is 1. The van der Waals surface area contributed by atoms with Gasteiger partial charge in [0.1, 0.15) is 12.2 Å². The number of hydrogen-bond acceptors (Lipinski definition) is 5. The summed E-state index contributed by atoms with van der Waals surface area (Å²) in [5.74, 6) is 0.702. The summed E-state index contributed by atoms with van der Waals surface area (Å²) in [4.78, 5) is 12.0. The normalized spacial score (nSPS) is 27.2. The predicted octanol–water partition coefficient (Wildman–Crippen LogP) is -1.04. The van der Waals surface area contributed by atoms with E-state index in [9.17, 15) is 9.90 Å². The lowest BCUT2D eigenvalue weighted by Gasteiger charge is -2.29. The number of carbonyl (C=O) groups is 1. The number of nitrogens with zero attached hydrogens (tertiary/aromatic N) is 3. The average Bonchev–Trinajstić information content (AvgIpc) is 2.78. The third-order valence-electron chi connectivity index (χ3n) is 3.69. The van der Waals surface area contributed by atoms with Gasteiger partial charge in [-0.1, -0.05) is 0 Å². The van der Waals surface area contributed by atoms with Crippen LogP contribution in [-0.4, -0.2) is 44.5 Å². The summed E-state index contributed by atoms with van der Waals surface area (Å²) in [5, 5.41) is 20.3. The smallest absolute Gasteiger partial charge is 0.223 e. The molecule has 1 aromatic rings. The van der Waals surface area contributed by atoms with Crippen LogP contribution in [0.2, 0.25) is 0 Å². The van der Waals surface area contributed by atoms with Gasteiger partial charge >= 0.3 is 0 Å². The van der Waals surface area contributed by atoms with Crippen LogP contribution in [0.5, 0.6) is 0 Å². The Bertz CT molecular complexity index is 434. The molecule has 0 aromatic carbocycles. The Morgan fingerprint density at radius 1 is 1.63 bits per heavy atom. The number of rotatable bonds is 4. The van der Waals surface area contributed by atoms with Gasteiger partial charge in [0.2, 0.25) is 5.91 Å². The zero-order chi connectivity index (χ0) is 13.8. The first-order valence-electron chi connectivity index (χ1n) is 6.62. The molecule has 1 aliphatic rings. The molecule has 1 fully saturated rings. The van der Waals surface area contributed by atoms with Crippen LogP contribution in [0.15, 0.2) is 6.33 Å². The summed E-state index contributed by atoms with van der Waals surface area (Å²) in [6.45, 7) is 0.532. The van der Waals surface area contributed by atoms with Crippen LogP contribution in [0.25, 0.3) is 0 Å². The first kappa shape index (κ1) is 14.0. The summed E-state index contributed by atoms with van der Waals surface area (Å²) in [7, 11) is 1.87. The molecule has 7 nitrogen and oxygen atoms in total. The van der Waals surface area contributed by atoms with Gasteiger partial charge in [-0.3, -0.25) is 4.79 Å². The maximum absolute atomic E-state index is 12.0. The summed E-state index contributed by atoms with van der Waals surface area (Å²) in [6, 6.07) is -0.192. The van der Waals surface area contributed by atoms with Crippen LogP contribution >= 0.6 is 0 Å². The van der Waals surface area contributed by atoms with E-state index in [4.69, 9.17) is 5.73 Å². The van der Waals surface area contributed by atoms with E-state index in [-0.39, 0.29) is 17.9 Å². The number of amides is 1. The maximum atomic E-state index is 12.0. The van der Waals surface area contributed by atoms with Crippen LogP contribution in [0.4, 0.5) is 0 Å². The van der Waals surface area contributed by atoms with Crippen LogP contribution in [-0.2, 0) is 18.3 Å². The molecule has 1 heterocycles. The monoisotopic (exact) mass is 267 g/mol. The highest BCUT2D eigenvalue weighted by molar-refractivity contribution is 5.78. The zero-order valence-electron chi connectivity index (χ0n) is 11.1. The number of aliphatic hydroxyl groups excluding tert-OH is 1. The third-order valence-corrected chi connectivity index (χ3v) is 3.69. The van der Waals surface area contributed by atoms with Crippen molar-refractivity contribution in [1.29, 1.82) is 0 Å². The number of nitrogens with two attached hydrogens (primary N) is 1. The molecule has 0 bridgehead atoms. The van der Waals surface area contributed by atoms with Crippen molar-refractivity contribution in [3.05, 3.63) is 12.2 Å². The van der Waals surface area contributed by atoms with E-state index in [1.807, 2.05) is 11.6 Å². The molecule has 7 heteroatoms. The highest BCUT2D eigenvalue weighted by atomic mass is 16.3. The van der Waals surface area contributed by atoms with Gasteiger partial charge in [0.25, 0.3) is 0 Å². The SMILES string of the molecule is Cn1cnnc1CCNC(=O)[C@H]1CC[C@@H](N)[C@H](O)C1. The molecular weight excluding hydrogens is 246 g/mol. The van der Waals surface area contributed by atoms with Crippen LogP contribution in [0, 0.1) is 5.92 Å². The minimum absolute atomic E-state index is 0.00637. The molecule has 1 aliphatic carbocycles. The number of nitrogens with one attached hydrogen (secondary N) is 1. The quantitative estimate of drug-likeness (QED) is 0.646. The van der Waals surface area contributed by atoms with E-state index in [2.05, 4.69) is 15.5 Å². The van der Waals surface area contributed by atoms with Crippen molar-refractivity contribution in [3.8, 4) is 0 Å². The lowest BCUT2D eigenvalue weighted by molar-refractivity contribution is -0.127. The largest absolute Gasteiger partial charge is 0.391 e. The van der Waals surface area contributed by atoms with Crippen LogP contribution in [0.3, 0.4) is 0 Å². The number of aromatic nitrogens is 3. The van der Waals surface area contributed by atoms with E-state index in [1.54, 1.807) is 6.33 Å². The van der Waals surface area contributed by atoms with Gasteiger partial charge in [-0.05, 0) is 19.3 Å². The van der Waals surface area contributed by atoms with Crippen LogP contribution in [0.1, 0.15) is 25.1 Å². The van der Waals surface area contributed by atoms with Gasteiger partial charge in [-0.2, -0.15) is 0 Å². The molecule has 1 saturated carbocycles. The fraction of sp³-hybridized carbons (Fsp3) is 0.750. The minimum Gasteiger partial charge on any atom is -0.391 e. The first-order chi connectivity index (χ1) is 9.08. The molecule has 2 rings (SSSR count). The topological polar surface area (TPSA) is 106 Å². The minimum atomic E-state index is -0.566. The molecule has 4 N–H and O–H groups in total. The molecular formula is C12H21N5O2. The van der Waals surface area contributed by atoms with Gasteiger partial charge in [0.15, 0.2) is 0 Å². The van der Waals surface area contributed by atoms with Crippen LogP contribution < -0.4 is 11.1 Å². The fourth-order valence-corrected chi connectivity index (χ4v) is 2.38. The number of carbonyl (C=O) groups excluding carboxylic acids is 1. The van der Waals surface area contributed by atoms with Crippen molar-refractivity contribution in [2.24, 2.45) is 18.7 Å². The second-order valence-corrected chi connectivity index (χ2v) is 5.14. The molecule has 0 unspecified atom stereocenters. The number of aryl methyl sites for hydroxylation is 1. The molecule has 0 saturated heterocycles. The third kappa shape index (κ3) is 3.51. The van der Waals surface area contributed by atoms with Gasteiger partial charge in [-0.25, -0.2) is 0 Å². The summed E-state index contributed by atoms with van der Waals surface area (Å²) < 4.78 is 1.83. The first-order valence-corrected chi connectivity index (χ1v) is 6.62. The van der Waals surface area contributed by atoms with E-state index in [1.165, 1.54) is 0 Å². The van der Waals surface area contributed by atoms with Crippen molar-refractivity contribution in [3.63, 3.8) is 0 Å². The fourth-order valence-electron chi connectivity index (χ4n) is 2.38. The van der Waals surface area contributed by atoms with Gasteiger partial charge in [-0.15, -0.1) is 10.2 Å². The average molecular weight is 267 g/mol. The van der Waals surface area contributed by atoms with Gasteiger partial charge < -0.3 is 20.7 Å². The van der Waals surface area contributed by atoms with E-state index in [0.717, 1.165) is 12.2 Å². The molecule has 19 heavy (non-hydrogen) atoms. The summed E-state index contributed by atoms with van der Waals surface area (Å²) in [6.07, 6.45) is 3.61. The molecule has 1 amide bonds. The lowest BCUT2D eigenvalue weighted by atomic mass is 9.84. The van der Waals surface area contributed by atoms with Gasteiger partial charge in [0.05, 0.1) is 6.10 Å². The van der Waals surface area contributed by atoms with E-state index < -0.39 is 6.10 Å². The Hall–Kier alpha value is -1.47. The molecule has 0 aliphatic heterocycles. The van der Waals surface area contributed by atoms with Crippen molar-refractivity contribution in [2.75, 3.05) is 6.54 Å². The molecule has 0 spiro atoms. The van der Waals surface area contributed by atoms with E-state index in [0.29, 0.717) is 25.8 Å².